The summed E-state index contributed by atoms with van der Waals surface area (Å²) < 4.78 is 13.5. The van der Waals surface area contributed by atoms with Crippen molar-refractivity contribution in [3.8, 4) is 0 Å². The Morgan fingerprint density at radius 3 is 2.84 bits per heavy atom. The van der Waals surface area contributed by atoms with Gasteiger partial charge in [-0.25, -0.2) is 4.39 Å². The van der Waals surface area contributed by atoms with Crippen LogP contribution >= 0.6 is 0 Å². The zero-order chi connectivity index (χ0) is 13.8. The first-order chi connectivity index (χ1) is 9.08. The molecule has 0 aliphatic carbocycles. The molecule has 5 heteroatoms. The molecule has 2 aromatic heterocycles. The van der Waals surface area contributed by atoms with Gasteiger partial charge >= 0.3 is 0 Å². The van der Waals surface area contributed by atoms with Crippen molar-refractivity contribution in [1.82, 2.24) is 14.9 Å². The predicted octanol–water partition coefficient (Wildman–Crippen LogP) is 2.20. The van der Waals surface area contributed by atoms with Gasteiger partial charge < -0.3 is 4.90 Å². The van der Waals surface area contributed by atoms with E-state index in [2.05, 4.69) is 9.97 Å². The van der Waals surface area contributed by atoms with Gasteiger partial charge in [-0.05, 0) is 30.7 Å². The molecule has 19 heavy (non-hydrogen) atoms. The van der Waals surface area contributed by atoms with Crippen molar-refractivity contribution in [2.24, 2.45) is 0 Å². The SMILES string of the molecule is Cc1cc(CN(C)C(=O)c2ccncc2F)ccn1. The number of nitrogens with zero attached hydrogens (tertiary/aromatic N) is 3. The standard InChI is InChI=1S/C14H14FN3O/c1-10-7-11(3-6-17-10)9-18(2)14(19)12-4-5-16-8-13(12)15/h3-8H,9H2,1-2H3. The number of carbonyl (C=O) groups is 1. The lowest BCUT2D eigenvalue weighted by molar-refractivity contribution is 0.0780. The molecule has 98 valence electrons. The monoisotopic (exact) mass is 259 g/mol. The van der Waals surface area contributed by atoms with E-state index in [9.17, 15) is 9.18 Å². The van der Waals surface area contributed by atoms with E-state index < -0.39 is 5.82 Å². The number of carbonyl (C=O) groups excluding carboxylic acids is 1. The molecule has 2 rings (SSSR count). The van der Waals surface area contributed by atoms with Crippen molar-refractivity contribution in [3.63, 3.8) is 0 Å². The van der Waals surface area contributed by atoms with E-state index in [1.807, 2.05) is 19.1 Å². The molecule has 0 bridgehead atoms. The Labute approximate surface area is 110 Å². The molecular formula is C14H14FN3O. The molecule has 0 aliphatic rings. The molecule has 0 aromatic carbocycles. The van der Waals surface area contributed by atoms with E-state index in [1.54, 1.807) is 13.2 Å². The first-order valence-corrected chi connectivity index (χ1v) is 5.84. The fourth-order valence-electron chi connectivity index (χ4n) is 1.80. The lowest BCUT2D eigenvalue weighted by Gasteiger charge is -2.17. The number of hydrogen-bond donors (Lipinski definition) is 0. The first kappa shape index (κ1) is 13.1. The van der Waals surface area contributed by atoms with Crippen LogP contribution in [0.2, 0.25) is 0 Å². The van der Waals surface area contributed by atoms with E-state index in [-0.39, 0.29) is 11.5 Å². The van der Waals surface area contributed by atoms with Crippen molar-refractivity contribution in [3.05, 3.63) is 59.4 Å². The van der Waals surface area contributed by atoms with Gasteiger partial charge in [0.1, 0.15) is 0 Å². The maximum atomic E-state index is 13.5. The zero-order valence-electron chi connectivity index (χ0n) is 10.8. The summed E-state index contributed by atoms with van der Waals surface area (Å²) in [5.41, 5.74) is 1.87. The van der Waals surface area contributed by atoms with Crippen LogP contribution in [0.5, 0.6) is 0 Å². The van der Waals surface area contributed by atoms with Crippen LogP contribution < -0.4 is 0 Å². The van der Waals surface area contributed by atoms with E-state index >= 15 is 0 Å². The molecule has 4 nitrogen and oxygen atoms in total. The van der Waals surface area contributed by atoms with Gasteiger partial charge in [-0.1, -0.05) is 0 Å². The molecule has 0 fully saturated rings. The Morgan fingerprint density at radius 1 is 1.37 bits per heavy atom. The number of pyridine rings is 2. The maximum Gasteiger partial charge on any atom is 0.256 e. The second-order valence-corrected chi connectivity index (χ2v) is 4.32. The highest BCUT2D eigenvalue weighted by Gasteiger charge is 2.16. The Bertz CT molecular complexity index is 601. The fraction of sp³-hybridized carbons (Fsp3) is 0.214. The maximum absolute atomic E-state index is 13.5. The van der Waals surface area contributed by atoms with Crippen LogP contribution in [0.15, 0.2) is 36.8 Å². The summed E-state index contributed by atoms with van der Waals surface area (Å²) in [5, 5.41) is 0. The summed E-state index contributed by atoms with van der Waals surface area (Å²) in [4.78, 5) is 21.3. The van der Waals surface area contributed by atoms with Gasteiger partial charge in [-0.3, -0.25) is 14.8 Å². The van der Waals surface area contributed by atoms with Crippen LogP contribution in [0, 0.1) is 12.7 Å². The largest absolute Gasteiger partial charge is 0.337 e. The minimum atomic E-state index is -0.606. The molecule has 0 aliphatic heterocycles. The highest BCUT2D eigenvalue weighted by molar-refractivity contribution is 5.94. The Kier molecular flexibility index (Phi) is 3.85. The molecular weight excluding hydrogens is 245 g/mol. The van der Waals surface area contributed by atoms with E-state index in [4.69, 9.17) is 0 Å². The molecule has 0 saturated carbocycles. The lowest BCUT2D eigenvalue weighted by atomic mass is 10.2. The molecule has 2 heterocycles. The molecule has 1 amide bonds. The topological polar surface area (TPSA) is 46.1 Å². The van der Waals surface area contributed by atoms with Crippen LogP contribution in [0.3, 0.4) is 0 Å². The average molecular weight is 259 g/mol. The molecule has 0 spiro atoms. The summed E-state index contributed by atoms with van der Waals surface area (Å²) in [5.74, 6) is -0.973. The van der Waals surface area contributed by atoms with Crippen molar-refractivity contribution in [1.29, 1.82) is 0 Å². The van der Waals surface area contributed by atoms with Crippen LogP contribution in [-0.4, -0.2) is 27.8 Å². The molecule has 0 radical (unpaired) electrons. The Hall–Kier alpha value is -2.30. The number of halogens is 1. The smallest absolute Gasteiger partial charge is 0.256 e. The summed E-state index contributed by atoms with van der Waals surface area (Å²) >= 11 is 0. The summed E-state index contributed by atoms with van der Waals surface area (Å²) in [6.07, 6.45) is 4.13. The predicted molar refractivity (Wildman–Crippen MR) is 69.0 cm³/mol. The second kappa shape index (κ2) is 5.56. The van der Waals surface area contributed by atoms with E-state index in [1.165, 1.54) is 17.2 Å². The quantitative estimate of drug-likeness (QED) is 0.848. The van der Waals surface area contributed by atoms with Crippen molar-refractivity contribution in [2.75, 3.05) is 7.05 Å². The van der Waals surface area contributed by atoms with Crippen molar-refractivity contribution in [2.45, 2.75) is 13.5 Å². The van der Waals surface area contributed by atoms with Gasteiger partial charge in [-0.15, -0.1) is 0 Å². The average Bonchev–Trinajstić information content (AvgIpc) is 2.38. The van der Waals surface area contributed by atoms with Crippen LogP contribution in [-0.2, 0) is 6.54 Å². The van der Waals surface area contributed by atoms with Gasteiger partial charge in [-0.2, -0.15) is 0 Å². The summed E-state index contributed by atoms with van der Waals surface area (Å²) in [6, 6.07) is 5.11. The van der Waals surface area contributed by atoms with Crippen molar-refractivity contribution < 1.29 is 9.18 Å². The number of aromatic nitrogens is 2. The molecule has 0 saturated heterocycles. The third-order valence-corrected chi connectivity index (χ3v) is 2.73. The van der Waals surface area contributed by atoms with Gasteiger partial charge in [0.2, 0.25) is 0 Å². The second-order valence-electron chi connectivity index (χ2n) is 4.32. The van der Waals surface area contributed by atoms with Gasteiger partial charge in [0.15, 0.2) is 5.82 Å². The van der Waals surface area contributed by atoms with E-state index in [0.717, 1.165) is 17.5 Å². The number of aryl methyl sites for hydroxylation is 1. The number of amides is 1. The lowest BCUT2D eigenvalue weighted by Crippen LogP contribution is -2.27. The molecule has 0 unspecified atom stereocenters. The highest BCUT2D eigenvalue weighted by Crippen LogP contribution is 2.11. The number of hydrogen-bond acceptors (Lipinski definition) is 3. The molecule has 0 N–H and O–H groups in total. The van der Waals surface area contributed by atoms with E-state index in [0.29, 0.717) is 6.54 Å². The third-order valence-electron chi connectivity index (χ3n) is 2.73. The van der Waals surface area contributed by atoms with Crippen LogP contribution in [0.1, 0.15) is 21.6 Å². The van der Waals surface area contributed by atoms with Crippen molar-refractivity contribution >= 4 is 5.91 Å². The Balaban J connectivity index is 2.14. The first-order valence-electron chi connectivity index (χ1n) is 5.84. The normalized spacial score (nSPS) is 10.3. The Morgan fingerprint density at radius 2 is 2.16 bits per heavy atom. The van der Waals surface area contributed by atoms with Crippen LogP contribution in [0.25, 0.3) is 0 Å². The number of rotatable bonds is 3. The summed E-state index contributed by atoms with van der Waals surface area (Å²) in [7, 11) is 1.64. The summed E-state index contributed by atoms with van der Waals surface area (Å²) in [6.45, 7) is 2.29. The van der Waals surface area contributed by atoms with Crippen LogP contribution in [0.4, 0.5) is 4.39 Å². The molecule has 2 aromatic rings. The van der Waals surface area contributed by atoms with Gasteiger partial charge in [0, 0.05) is 31.7 Å². The zero-order valence-corrected chi connectivity index (χ0v) is 10.8. The minimum Gasteiger partial charge on any atom is -0.337 e. The minimum absolute atomic E-state index is 0.0308. The highest BCUT2D eigenvalue weighted by atomic mass is 19.1. The fourth-order valence-corrected chi connectivity index (χ4v) is 1.80. The molecule has 0 atom stereocenters. The third kappa shape index (κ3) is 3.13. The van der Waals surface area contributed by atoms with Gasteiger partial charge in [0.05, 0.1) is 11.8 Å². The van der Waals surface area contributed by atoms with Gasteiger partial charge in [0.25, 0.3) is 5.91 Å².